The molecule has 1 aromatic heterocycles. The zero-order valence-corrected chi connectivity index (χ0v) is 15.2. The molecule has 1 saturated carbocycles. The first-order valence-electron chi connectivity index (χ1n) is 9.11. The summed E-state index contributed by atoms with van der Waals surface area (Å²) >= 11 is 0. The van der Waals surface area contributed by atoms with E-state index in [0.717, 1.165) is 23.6 Å². The largest absolute Gasteiger partial charge is 0.352 e. The first kappa shape index (κ1) is 17.7. The molecule has 1 unspecified atom stereocenters. The maximum atomic E-state index is 12.4. The number of hydrogen-bond acceptors (Lipinski definition) is 3. The van der Waals surface area contributed by atoms with Crippen molar-refractivity contribution in [3.63, 3.8) is 0 Å². The fourth-order valence-corrected chi connectivity index (χ4v) is 3.26. The lowest BCUT2D eigenvalue weighted by Gasteiger charge is -2.24. The van der Waals surface area contributed by atoms with Gasteiger partial charge in [0.25, 0.3) is 0 Å². The van der Waals surface area contributed by atoms with Crippen LogP contribution in [0.3, 0.4) is 0 Å². The van der Waals surface area contributed by atoms with Gasteiger partial charge in [0.05, 0.1) is 6.20 Å². The summed E-state index contributed by atoms with van der Waals surface area (Å²) in [4.78, 5) is 14.5. The fraction of sp³-hybridized carbons (Fsp3) is 0.500. The van der Waals surface area contributed by atoms with Gasteiger partial charge in [0.2, 0.25) is 5.91 Å². The number of carbonyl (C=O) groups excluding carboxylic acids is 1. The standard InChI is InChI=1S/C20H28N4O/c1-23(2)19(18-9-4-3-5-10-18)11-20(25)21-12-17-13-22-24(15-17)14-16-7-6-8-16/h3-5,9-10,13,15-16,19H,6-8,11-12,14H2,1-2H3,(H,21,25). The molecule has 2 aromatic rings. The number of hydrogen-bond donors (Lipinski definition) is 1. The quantitative estimate of drug-likeness (QED) is 0.804. The maximum Gasteiger partial charge on any atom is 0.222 e. The zero-order valence-electron chi connectivity index (χ0n) is 15.2. The summed E-state index contributed by atoms with van der Waals surface area (Å²) in [7, 11) is 4.02. The van der Waals surface area contributed by atoms with Gasteiger partial charge >= 0.3 is 0 Å². The lowest BCUT2D eigenvalue weighted by molar-refractivity contribution is -0.122. The molecule has 1 aliphatic rings. The molecule has 0 aliphatic heterocycles. The van der Waals surface area contributed by atoms with Gasteiger partial charge in [-0.25, -0.2) is 0 Å². The Morgan fingerprint density at radius 2 is 2.08 bits per heavy atom. The molecule has 1 aromatic carbocycles. The van der Waals surface area contributed by atoms with Gasteiger partial charge in [-0.2, -0.15) is 5.10 Å². The highest BCUT2D eigenvalue weighted by Crippen LogP contribution is 2.27. The summed E-state index contributed by atoms with van der Waals surface area (Å²) in [5.74, 6) is 0.850. The molecular formula is C20H28N4O. The minimum Gasteiger partial charge on any atom is -0.352 e. The van der Waals surface area contributed by atoms with Gasteiger partial charge in [-0.05, 0) is 38.4 Å². The first-order valence-corrected chi connectivity index (χ1v) is 9.11. The van der Waals surface area contributed by atoms with Gasteiger partial charge in [-0.3, -0.25) is 9.48 Å². The third-order valence-electron chi connectivity index (χ3n) is 5.03. The van der Waals surface area contributed by atoms with Crippen LogP contribution in [0.25, 0.3) is 0 Å². The summed E-state index contributed by atoms with van der Waals surface area (Å²) in [5.41, 5.74) is 2.23. The van der Waals surface area contributed by atoms with Crippen molar-refractivity contribution in [2.75, 3.05) is 14.1 Å². The Bertz CT molecular complexity index is 676. The van der Waals surface area contributed by atoms with Gasteiger partial charge in [-0.15, -0.1) is 0 Å². The second-order valence-corrected chi connectivity index (χ2v) is 7.24. The molecular weight excluding hydrogens is 312 g/mol. The van der Waals surface area contributed by atoms with Gasteiger partial charge in [0.15, 0.2) is 0 Å². The van der Waals surface area contributed by atoms with Crippen LogP contribution in [0.5, 0.6) is 0 Å². The molecule has 3 rings (SSSR count). The molecule has 0 radical (unpaired) electrons. The molecule has 0 saturated heterocycles. The van der Waals surface area contributed by atoms with E-state index in [1.165, 1.54) is 19.3 Å². The van der Waals surface area contributed by atoms with E-state index in [0.29, 0.717) is 13.0 Å². The molecule has 1 N–H and O–H groups in total. The smallest absolute Gasteiger partial charge is 0.222 e. The van der Waals surface area contributed by atoms with E-state index in [1.807, 2.05) is 43.2 Å². The average Bonchev–Trinajstić information content (AvgIpc) is 3.02. The summed E-state index contributed by atoms with van der Waals surface area (Å²) in [5, 5.41) is 7.44. The Morgan fingerprint density at radius 3 is 2.72 bits per heavy atom. The van der Waals surface area contributed by atoms with E-state index in [1.54, 1.807) is 0 Å². The minimum atomic E-state index is 0.0642. The van der Waals surface area contributed by atoms with Crippen molar-refractivity contribution < 1.29 is 4.79 Å². The second kappa shape index (κ2) is 8.30. The topological polar surface area (TPSA) is 50.2 Å². The number of aromatic nitrogens is 2. The number of nitrogens with zero attached hydrogens (tertiary/aromatic N) is 3. The van der Waals surface area contributed by atoms with Crippen LogP contribution in [0, 0.1) is 5.92 Å². The number of carbonyl (C=O) groups is 1. The summed E-state index contributed by atoms with van der Waals surface area (Å²) < 4.78 is 2.01. The highest BCUT2D eigenvalue weighted by Gasteiger charge is 2.19. The van der Waals surface area contributed by atoms with E-state index in [4.69, 9.17) is 0 Å². The third kappa shape index (κ3) is 4.92. The van der Waals surface area contributed by atoms with Crippen LogP contribution in [-0.4, -0.2) is 34.7 Å². The predicted octanol–water partition coefficient (Wildman–Crippen LogP) is 2.99. The van der Waals surface area contributed by atoms with Crippen molar-refractivity contribution in [1.82, 2.24) is 20.0 Å². The van der Waals surface area contributed by atoms with Crippen molar-refractivity contribution in [2.24, 2.45) is 5.92 Å². The monoisotopic (exact) mass is 340 g/mol. The van der Waals surface area contributed by atoms with Crippen molar-refractivity contribution in [2.45, 2.75) is 44.8 Å². The molecule has 1 aliphatic carbocycles. The van der Waals surface area contributed by atoms with Gasteiger partial charge in [0, 0.05) is 37.3 Å². The van der Waals surface area contributed by atoms with E-state index in [9.17, 15) is 4.79 Å². The Balaban J connectivity index is 1.49. The summed E-state index contributed by atoms with van der Waals surface area (Å²) in [6.45, 7) is 1.54. The normalized spacial score (nSPS) is 15.8. The van der Waals surface area contributed by atoms with Crippen LogP contribution in [0.4, 0.5) is 0 Å². The Hall–Kier alpha value is -2.14. The maximum absolute atomic E-state index is 12.4. The Kier molecular flexibility index (Phi) is 5.87. The van der Waals surface area contributed by atoms with Gasteiger partial charge in [0.1, 0.15) is 0 Å². The Labute approximate surface area is 150 Å². The van der Waals surface area contributed by atoms with Crippen molar-refractivity contribution >= 4 is 5.91 Å². The number of rotatable bonds is 8. The zero-order chi connectivity index (χ0) is 17.6. The highest BCUT2D eigenvalue weighted by molar-refractivity contribution is 5.76. The van der Waals surface area contributed by atoms with Gasteiger partial charge < -0.3 is 10.2 Å². The van der Waals surface area contributed by atoms with Crippen LogP contribution in [-0.2, 0) is 17.9 Å². The molecule has 1 atom stereocenters. The SMILES string of the molecule is CN(C)C(CC(=O)NCc1cnn(CC2CCC2)c1)c1ccccc1. The molecule has 25 heavy (non-hydrogen) atoms. The molecule has 1 amide bonds. The van der Waals surface area contributed by atoms with E-state index in [2.05, 4.69) is 33.6 Å². The van der Waals surface area contributed by atoms with E-state index >= 15 is 0 Å². The van der Waals surface area contributed by atoms with Crippen LogP contribution in [0.15, 0.2) is 42.7 Å². The summed E-state index contributed by atoms with van der Waals surface area (Å²) in [6, 6.07) is 10.3. The average molecular weight is 340 g/mol. The van der Waals surface area contributed by atoms with Crippen molar-refractivity contribution in [3.8, 4) is 0 Å². The fourth-order valence-electron chi connectivity index (χ4n) is 3.26. The summed E-state index contributed by atoms with van der Waals surface area (Å²) in [6.07, 6.45) is 8.35. The molecule has 0 bridgehead atoms. The van der Waals surface area contributed by atoms with Gasteiger partial charge in [-0.1, -0.05) is 36.8 Å². The van der Waals surface area contributed by atoms with E-state index in [-0.39, 0.29) is 11.9 Å². The van der Waals surface area contributed by atoms with Crippen molar-refractivity contribution in [3.05, 3.63) is 53.9 Å². The number of nitrogens with one attached hydrogen (secondary N) is 1. The third-order valence-corrected chi connectivity index (χ3v) is 5.03. The second-order valence-electron chi connectivity index (χ2n) is 7.24. The minimum absolute atomic E-state index is 0.0642. The van der Waals surface area contributed by atoms with Crippen LogP contribution in [0.2, 0.25) is 0 Å². The first-order chi connectivity index (χ1) is 12.1. The van der Waals surface area contributed by atoms with E-state index < -0.39 is 0 Å². The molecule has 5 heteroatoms. The predicted molar refractivity (Wildman–Crippen MR) is 98.9 cm³/mol. The lowest BCUT2D eigenvalue weighted by Crippen LogP contribution is -2.29. The van der Waals surface area contributed by atoms with Crippen LogP contribution >= 0.6 is 0 Å². The molecule has 134 valence electrons. The highest BCUT2D eigenvalue weighted by atomic mass is 16.1. The lowest BCUT2D eigenvalue weighted by atomic mass is 9.85. The van der Waals surface area contributed by atoms with Crippen LogP contribution < -0.4 is 5.32 Å². The number of amides is 1. The molecule has 0 spiro atoms. The van der Waals surface area contributed by atoms with Crippen LogP contribution in [0.1, 0.15) is 42.9 Å². The Morgan fingerprint density at radius 1 is 1.32 bits per heavy atom. The molecule has 1 fully saturated rings. The molecule has 1 heterocycles. The number of benzene rings is 1. The molecule has 5 nitrogen and oxygen atoms in total. The van der Waals surface area contributed by atoms with Crippen molar-refractivity contribution in [1.29, 1.82) is 0 Å².